The lowest BCUT2D eigenvalue weighted by Gasteiger charge is -2.28. The molecule has 1 atom stereocenters. The number of aryl methyl sites for hydroxylation is 2. The van der Waals surface area contributed by atoms with E-state index in [0.717, 1.165) is 25.0 Å². The Balaban J connectivity index is 2.36. The van der Waals surface area contributed by atoms with E-state index < -0.39 is 0 Å². The summed E-state index contributed by atoms with van der Waals surface area (Å²) in [7, 11) is 2.17. The van der Waals surface area contributed by atoms with E-state index >= 15 is 0 Å². The molecule has 3 rings (SSSR count). The van der Waals surface area contributed by atoms with Crippen molar-refractivity contribution in [3.63, 3.8) is 0 Å². The third kappa shape index (κ3) is 2.11. The minimum absolute atomic E-state index is 0.0443. The maximum Gasteiger partial charge on any atom is 0.0711 e. The molecular weight excluding hydrogens is 246 g/mol. The van der Waals surface area contributed by atoms with Gasteiger partial charge in [0.2, 0.25) is 0 Å². The number of likely N-dealkylation sites (N-methyl/N-ethyl adjacent to an activating group) is 1. The number of nitrogens with zero attached hydrogens (tertiary/aromatic N) is 2. The third-order valence-electron chi connectivity index (χ3n) is 4.44. The molecule has 0 saturated heterocycles. The molecule has 1 aliphatic rings. The zero-order chi connectivity index (χ0) is 14.4. The number of hydrogen-bond acceptors (Lipinski definition) is 3. The van der Waals surface area contributed by atoms with Gasteiger partial charge in [-0.3, -0.25) is 4.98 Å². The van der Waals surface area contributed by atoms with Crippen molar-refractivity contribution in [1.82, 2.24) is 9.88 Å². The quantitative estimate of drug-likeness (QED) is 0.865. The summed E-state index contributed by atoms with van der Waals surface area (Å²) in [5.74, 6) is 0. The van der Waals surface area contributed by atoms with Gasteiger partial charge in [-0.1, -0.05) is 0 Å². The Hall–Kier alpha value is -1.45. The minimum Gasteiger partial charge on any atom is -0.324 e. The normalized spacial score (nSPS) is 17.2. The summed E-state index contributed by atoms with van der Waals surface area (Å²) >= 11 is 0. The lowest BCUT2D eigenvalue weighted by atomic mass is 9.91. The van der Waals surface area contributed by atoms with Crippen molar-refractivity contribution in [2.75, 3.05) is 13.6 Å². The van der Waals surface area contributed by atoms with E-state index in [4.69, 9.17) is 10.7 Å². The summed E-state index contributed by atoms with van der Waals surface area (Å²) in [5, 5.41) is 1.23. The van der Waals surface area contributed by atoms with Crippen LogP contribution in [0.3, 0.4) is 0 Å². The predicted molar refractivity (Wildman–Crippen MR) is 83.9 cm³/mol. The highest BCUT2D eigenvalue weighted by Gasteiger charge is 2.22. The molecule has 0 fully saturated rings. The van der Waals surface area contributed by atoms with Gasteiger partial charge in [0.1, 0.15) is 0 Å². The first-order valence-electron chi connectivity index (χ1n) is 7.34. The van der Waals surface area contributed by atoms with Crippen LogP contribution in [0.25, 0.3) is 10.9 Å². The highest BCUT2D eigenvalue weighted by Crippen LogP contribution is 2.32. The molecule has 2 heterocycles. The maximum absolute atomic E-state index is 6.29. The van der Waals surface area contributed by atoms with Gasteiger partial charge in [0, 0.05) is 36.6 Å². The van der Waals surface area contributed by atoms with Crippen LogP contribution in [0.5, 0.6) is 0 Å². The van der Waals surface area contributed by atoms with E-state index in [1.54, 1.807) is 0 Å². The molecule has 1 aromatic heterocycles. The molecule has 20 heavy (non-hydrogen) atoms. The molecule has 106 valence electrons. The van der Waals surface area contributed by atoms with Gasteiger partial charge in [-0.2, -0.15) is 0 Å². The van der Waals surface area contributed by atoms with Gasteiger partial charge in [0.25, 0.3) is 0 Å². The van der Waals surface area contributed by atoms with Crippen LogP contribution >= 0.6 is 0 Å². The largest absolute Gasteiger partial charge is 0.324 e. The monoisotopic (exact) mass is 269 g/mol. The average molecular weight is 269 g/mol. The molecule has 1 unspecified atom stereocenters. The SMILES string of the molecule is Cc1cc2nc3c(c(C(C)N)c2cc1C)CN(C)CC3. The molecule has 0 amide bonds. The molecule has 0 saturated carbocycles. The fourth-order valence-corrected chi connectivity index (χ4v) is 3.19. The lowest BCUT2D eigenvalue weighted by molar-refractivity contribution is 0.308. The topological polar surface area (TPSA) is 42.1 Å². The zero-order valence-corrected chi connectivity index (χ0v) is 12.8. The lowest BCUT2D eigenvalue weighted by Crippen LogP contribution is -2.29. The van der Waals surface area contributed by atoms with Gasteiger partial charge in [-0.25, -0.2) is 0 Å². The molecule has 1 aliphatic heterocycles. The van der Waals surface area contributed by atoms with Crippen molar-refractivity contribution < 1.29 is 0 Å². The average Bonchev–Trinajstić information content (AvgIpc) is 2.37. The zero-order valence-electron chi connectivity index (χ0n) is 12.8. The Kier molecular flexibility index (Phi) is 3.27. The van der Waals surface area contributed by atoms with Gasteiger partial charge >= 0.3 is 0 Å². The van der Waals surface area contributed by atoms with Crippen molar-refractivity contribution in [3.8, 4) is 0 Å². The third-order valence-corrected chi connectivity index (χ3v) is 4.44. The number of aromatic nitrogens is 1. The highest BCUT2D eigenvalue weighted by molar-refractivity contribution is 5.86. The highest BCUT2D eigenvalue weighted by atomic mass is 15.1. The predicted octanol–water partition coefficient (Wildman–Crippen LogP) is 2.86. The van der Waals surface area contributed by atoms with Crippen LogP contribution in [0, 0.1) is 13.8 Å². The molecule has 0 bridgehead atoms. The van der Waals surface area contributed by atoms with Gasteiger partial charge in [-0.05, 0) is 62.2 Å². The number of fused-ring (bicyclic) bond motifs is 2. The fraction of sp³-hybridized carbons (Fsp3) is 0.471. The van der Waals surface area contributed by atoms with E-state index in [-0.39, 0.29) is 6.04 Å². The maximum atomic E-state index is 6.29. The van der Waals surface area contributed by atoms with Crippen LogP contribution < -0.4 is 5.73 Å². The number of benzene rings is 1. The van der Waals surface area contributed by atoms with Crippen molar-refractivity contribution >= 4 is 10.9 Å². The van der Waals surface area contributed by atoms with Gasteiger partial charge in [-0.15, -0.1) is 0 Å². The van der Waals surface area contributed by atoms with E-state index in [9.17, 15) is 0 Å². The first-order valence-corrected chi connectivity index (χ1v) is 7.34. The molecule has 0 spiro atoms. The van der Waals surface area contributed by atoms with Crippen LogP contribution in [0.4, 0.5) is 0 Å². The molecule has 2 aromatic rings. The second-order valence-corrected chi connectivity index (χ2v) is 6.18. The first-order chi connectivity index (χ1) is 9.47. The summed E-state index contributed by atoms with van der Waals surface area (Å²) in [5.41, 5.74) is 13.9. The van der Waals surface area contributed by atoms with E-state index in [1.165, 1.54) is 33.3 Å². The second kappa shape index (κ2) is 4.83. The molecular formula is C17H23N3. The Morgan fingerprint density at radius 1 is 1.25 bits per heavy atom. The van der Waals surface area contributed by atoms with E-state index in [0.29, 0.717) is 0 Å². The molecule has 0 radical (unpaired) electrons. The molecule has 3 nitrogen and oxygen atoms in total. The van der Waals surface area contributed by atoms with Crippen LogP contribution in [0.2, 0.25) is 0 Å². The number of rotatable bonds is 1. The van der Waals surface area contributed by atoms with Crippen LogP contribution in [-0.4, -0.2) is 23.5 Å². The smallest absolute Gasteiger partial charge is 0.0711 e. The Labute approximate surface area is 120 Å². The Morgan fingerprint density at radius 2 is 1.95 bits per heavy atom. The van der Waals surface area contributed by atoms with Crippen molar-refractivity contribution in [3.05, 3.63) is 40.1 Å². The summed E-state index contributed by atoms with van der Waals surface area (Å²) in [6, 6.07) is 4.50. The molecule has 1 aromatic carbocycles. The summed E-state index contributed by atoms with van der Waals surface area (Å²) < 4.78 is 0. The Bertz CT molecular complexity index is 674. The number of pyridine rings is 1. The van der Waals surface area contributed by atoms with Crippen LogP contribution in [-0.2, 0) is 13.0 Å². The van der Waals surface area contributed by atoms with Crippen molar-refractivity contribution in [1.29, 1.82) is 0 Å². The molecule has 0 aliphatic carbocycles. The summed E-state index contributed by atoms with van der Waals surface area (Å²) in [6.07, 6.45) is 1.02. The fourth-order valence-electron chi connectivity index (χ4n) is 3.19. The van der Waals surface area contributed by atoms with Crippen LogP contribution in [0.15, 0.2) is 12.1 Å². The van der Waals surface area contributed by atoms with Gasteiger partial charge in [0.15, 0.2) is 0 Å². The second-order valence-electron chi connectivity index (χ2n) is 6.18. The van der Waals surface area contributed by atoms with Crippen molar-refractivity contribution in [2.24, 2.45) is 5.73 Å². The standard InChI is InChI=1S/C17H23N3/c1-10-7-13-16(8-11(10)2)19-15-5-6-20(4)9-14(15)17(13)12(3)18/h7-8,12H,5-6,9,18H2,1-4H3. The van der Waals surface area contributed by atoms with Gasteiger partial charge in [0.05, 0.1) is 5.52 Å². The van der Waals surface area contributed by atoms with Crippen molar-refractivity contribution in [2.45, 2.75) is 39.8 Å². The number of hydrogen-bond donors (Lipinski definition) is 1. The summed E-state index contributed by atoms with van der Waals surface area (Å²) in [4.78, 5) is 7.26. The first kappa shape index (κ1) is 13.5. The molecule has 2 N–H and O–H groups in total. The molecule has 3 heteroatoms. The Morgan fingerprint density at radius 3 is 2.65 bits per heavy atom. The minimum atomic E-state index is 0.0443. The summed E-state index contributed by atoms with van der Waals surface area (Å²) in [6.45, 7) is 8.43. The van der Waals surface area contributed by atoms with Crippen LogP contribution in [0.1, 0.15) is 40.9 Å². The van der Waals surface area contributed by atoms with Gasteiger partial charge < -0.3 is 10.6 Å². The number of nitrogens with two attached hydrogens (primary N) is 1. The van der Waals surface area contributed by atoms with E-state index in [2.05, 4.69) is 44.9 Å². The van der Waals surface area contributed by atoms with E-state index in [1.807, 2.05) is 0 Å².